The van der Waals surface area contributed by atoms with E-state index in [1.54, 1.807) is 0 Å². The van der Waals surface area contributed by atoms with Crippen LogP contribution in [0.15, 0.2) is 6.07 Å². The van der Waals surface area contributed by atoms with E-state index in [1.165, 1.54) is 6.07 Å². The first-order chi connectivity index (χ1) is 6.43. The summed E-state index contributed by atoms with van der Waals surface area (Å²) in [6, 6.07) is 1.40. The monoisotopic (exact) mass is 272 g/mol. The molecule has 14 heavy (non-hydrogen) atoms. The van der Waals surface area contributed by atoms with E-state index in [0.29, 0.717) is 5.56 Å². The molecule has 1 N–H and O–H groups in total. The van der Waals surface area contributed by atoms with E-state index in [1.807, 2.05) is 0 Å². The van der Waals surface area contributed by atoms with Crippen molar-refractivity contribution >= 4 is 52.4 Å². The van der Waals surface area contributed by atoms with Gasteiger partial charge in [0.25, 0.3) is 0 Å². The molecule has 1 rings (SSSR count). The van der Waals surface area contributed by atoms with Gasteiger partial charge in [-0.25, -0.2) is 0 Å². The number of rotatable bonds is 2. The Hall–Kier alpha value is -0.150. The van der Waals surface area contributed by atoms with Gasteiger partial charge in [0.15, 0.2) is 0 Å². The van der Waals surface area contributed by atoms with Crippen LogP contribution in [0.2, 0.25) is 20.1 Å². The highest BCUT2D eigenvalue weighted by molar-refractivity contribution is 6.52. The molecule has 0 fully saturated rings. The number of carboxylic acids is 1. The van der Waals surface area contributed by atoms with Gasteiger partial charge in [-0.05, 0) is 11.6 Å². The number of hydrogen-bond acceptors (Lipinski definition) is 1. The molecular weight excluding hydrogens is 270 g/mol. The summed E-state index contributed by atoms with van der Waals surface area (Å²) in [5, 5.41) is 9.10. The van der Waals surface area contributed by atoms with Crippen LogP contribution < -0.4 is 0 Å². The van der Waals surface area contributed by atoms with Gasteiger partial charge >= 0.3 is 5.97 Å². The Morgan fingerprint density at radius 2 is 1.71 bits per heavy atom. The largest absolute Gasteiger partial charge is 0.481 e. The van der Waals surface area contributed by atoms with Crippen LogP contribution in [0.25, 0.3) is 0 Å². The normalized spacial score (nSPS) is 10.3. The molecule has 0 aliphatic rings. The van der Waals surface area contributed by atoms with Crippen LogP contribution in [-0.4, -0.2) is 11.1 Å². The topological polar surface area (TPSA) is 37.3 Å². The number of halogens is 4. The second kappa shape index (κ2) is 4.58. The van der Waals surface area contributed by atoms with Crippen LogP contribution in [0.5, 0.6) is 0 Å². The summed E-state index contributed by atoms with van der Waals surface area (Å²) in [6.07, 6.45) is -0.241. The summed E-state index contributed by atoms with van der Waals surface area (Å²) in [7, 11) is 0. The van der Waals surface area contributed by atoms with Crippen LogP contribution in [0.1, 0.15) is 5.56 Å². The molecule has 0 saturated heterocycles. The van der Waals surface area contributed by atoms with Gasteiger partial charge in [-0.15, -0.1) is 0 Å². The fourth-order valence-electron chi connectivity index (χ4n) is 0.913. The third-order valence-electron chi connectivity index (χ3n) is 1.52. The minimum Gasteiger partial charge on any atom is -0.481 e. The first-order valence-corrected chi connectivity index (χ1v) is 4.98. The van der Waals surface area contributed by atoms with Crippen molar-refractivity contribution in [2.45, 2.75) is 6.42 Å². The van der Waals surface area contributed by atoms with Crippen molar-refractivity contribution in [3.63, 3.8) is 0 Å². The van der Waals surface area contributed by atoms with Gasteiger partial charge < -0.3 is 5.11 Å². The lowest BCUT2D eigenvalue weighted by atomic mass is 10.1. The number of carbonyl (C=O) groups is 1. The lowest BCUT2D eigenvalue weighted by Gasteiger charge is -2.06. The molecule has 0 aliphatic heterocycles. The van der Waals surface area contributed by atoms with Crippen LogP contribution in [0.4, 0.5) is 0 Å². The van der Waals surface area contributed by atoms with Crippen molar-refractivity contribution < 1.29 is 9.90 Å². The zero-order chi connectivity index (χ0) is 10.9. The van der Waals surface area contributed by atoms with Crippen molar-refractivity contribution in [1.29, 1.82) is 0 Å². The maximum absolute atomic E-state index is 10.5. The molecule has 0 bridgehead atoms. The summed E-state index contributed by atoms with van der Waals surface area (Å²) in [4.78, 5) is 10.5. The number of hydrogen-bond donors (Lipinski definition) is 1. The molecule has 0 aromatic heterocycles. The summed E-state index contributed by atoms with van der Waals surface area (Å²) >= 11 is 22.9. The lowest BCUT2D eigenvalue weighted by Crippen LogP contribution is -2.01. The van der Waals surface area contributed by atoms with Gasteiger partial charge in [0, 0.05) is 0 Å². The predicted octanol–water partition coefficient (Wildman–Crippen LogP) is 3.93. The van der Waals surface area contributed by atoms with Crippen molar-refractivity contribution in [2.24, 2.45) is 0 Å². The standard InChI is InChI=1S/C8H4Cl4O2/c9-4-1-3(2-5(13)14)6(10)8(12)7(4)11/h1H,2H2,(H,13,14). The first kappa shape index (κ1) is 11.9. The summed E-state index contributed by atoms with van der Waals surface area (Å²) in [6.45, 7) is 0. The zero-order valence-corrected chi connectivity index (χ0v) is 9.68. The number of aliphatic carboxylic acids is 1. The second-order valence-electron chi connectivity index (χ2n) is 2.53. The maximum Gasteiger partial charge on any atom is 0.307 e. The van der Waals surface area contributed by atoms with Crippen molar-refractivity contribution in [3.05, 3.63) is 31.7 Å². The van der Waals surface area contributed by atoms with Gasteiger partial charge in [-0.3, -0.25) is 4.79 Å². The molecule has 0 spiro atoms. The Bertz CT molecular complexity index is 389. The lowest BCUT2D eigenvalue weighted by molar-refractivity contribution is -0.136. The smallest absolute Gasteiger partial charge is 0.307 e. The molecule has 2 nitrogen and oxygen atoms in total. The van der Waals surface area contributed by atoms with Crippen LogP contribution in [-0.2, 0) is 11.2 Å². The van der Waals surface area contributed by atoms with Crippen LogP contribution >= 0.6 is 46.4 Å². The molecule has 1 aromatic rings. The van der Waals surface area contributed by atoms with Gasteiger partial charge in [0.05, 0.1) is 26.5 Å². The van der Waals surface area contributed by atoms with Crippen LogP contribution in [0.3, 0.4) is 0 Å². The Morgan fingerprint density at radius 1 is 1.14 bits per heavy atom. The molecule has 0 radical (unpaired) electrons. The fraction of sp³-hybridized carbons (Fsp3) is 0.125. The average Bonchev–Trinajstić information content (AvgIpc) is 2.10. The Balaban J connectivity index is 3.25. The highest BCUT2D eigenvalue weighted by Crippen LogP contribution is 2.38. The van der Waals surface area contributed by atoms with Crippen molar-refractivity contribution in [1.82, 2.24) is 0 Å². The average molecular weight is 274 g/mol. The molecule has 1 aromatic carbocycles. The Labute approximate surface area is 100 Å². The van der Waals surface area contributed by atoms with E-state index < -0.39 is 5.97 Å². The Kier molecular flexibility index (Phi) is 3.90. The highest BCUT2D eigenvalue weighted by Gasteiger charge is 2.14. The molecule has 76 valence electrons. The molecular formula is C8H4Cl4O2. The van der Waals surface area contributed by atoms with Crippen molar-refractivity contribution in [2.75, 3.05) is 0 Å². The number of benzene rings is 1. The molecule has 0 amide bonds. The van der Waals surface area contributed by atoms with E-state index >= 15 is 0 Å². The van der Waals surface area contributed by atoms with E-state index in [-0.39, 0.29) is 26.5 Å². The first-order valence-electron chi connectivity index (χ1n) is 3.47. The molecule has 6 heteroatoms. The third kappa shape index (κ3) is 2.45. The van der Waals surface area contributed by atoms with Gasteiger partial charge in [0.2, 0.25) is 0 Å². The third-order valence-corrected chi connectivity index (χ3v) is 3.31. The second-order valence-corrected chi connectivity index (χ2v) is 4.07. The Morgan fingerprint density at radius 3 is 2.21 bits per heavy atom. The fourth-order valence-corrected chi connectivity index (χ4v) is 1.82. The van der Waals surface area contributed by atoms with Crippen molar-refractivity contribution in [3.8, 4) is 0 Å². The van der Waals surface area contributed by atoms with Gasteiger partial charge in [-0.1, -0.05) is 46.4 Å². The molecule has 0 atom stereocenters. The minimum atomic E-state index is -1.01. The molecule has 0 unspecified atom stereocenters. The van der Waals surface area contributed by atoms with E-state index in [2.05, 4.69) is 0 Å². The summed E-state index contributed by atoms with van der Waals surface area (Å²) in [5.41, 5.74) is 0.346. The number of carboxylic acid groups (broad SMARTS) is 1. The van der Waals surface area contributed by atoms with E-state index in [0.717, 1.165) is 0 Å². The minimum absolute atomic E-state index is 0.0806. The summed E-state index contributed by atoms with van der Waals surface area (Å²) in [5.74, 6) is -1.01. The molecule has 0 saturated carbocycles. The molecule has 0 heterocycles. The van der Waals surface area contributed by atoms with Gasteiger partial charge in [0.1, 0.15) is 0 Å². The zero-order valence-electron chi connectivity index (χ0n) is 6.65. The van der Waals surface area contributed by atoms with E-state index in [9.17, 15) is 4.79 Å². The highest BCUT2D eigenvalue weighted by atomic mass is 35.5. The quantitative estimate of drug-likeness (QED) is 0.655. The van der Waals surface area contributed by atoms with Crippen LogP contribution in [0, 0.1) is 0 Å². The van der Waals surface area contributed by atoms with E-state index in [4.69, 9.17) is 51.5 Å². The van der Waals surface area contributed by atoms with Gasteiger partial charge in [-0.2, -0.15) is 0 Å². The maximum atomic E-state index is 10.5. The summed E-state index contributed by atoms with van der Waals surface area (Å²) < 4.78 is 0. The molecule has 0 aliphatic carbocycles. The SMILES string of the molecule is O=C(O)Cc1cc(Cl)c(Cl)c(Cl)c1Cl. The predicted molar refractivity (Wildman–Crippen MR) is 57.8 cm³/mol.